The van der Waals surface area contributed by atoms with Crippen molar-refractivity contribution >= 4 is 29.7 Å². The quantitative estimate of drug-likeness (QED) is 0.210. The third-order valence-corrected chi connectivity index (χ3v) is 5.35. The van der Waals surface area contributed by atoms with E-state index in [4.69, 9.17) is 4.74 Å². The van der Waals surface area contributed by atoms with Crippen LogP contribution in [0.4, 0.5) is 54.3 Å². The smallest absolute Gasteiger partial charge is 0.406 e. The van der Waals surface area contributed by atoms with Crippen molar-refractivity contribution in [2.24, 2.45) is 5.10 Å². The van der Waals surface area contributed by atoms with Crippen molar-refractivity contribution in [2.75, 3.05) is 28.7 Å². The Labute approximate surface area is 223 Å². The summed E-state index contributed by atoms with van der Waals surface area (Å²) in [5.41, 5.74) is 1.41. The number of halogens is 7. The first-order valence-corrected chi connectivity index (χ1v) is 11.7. The maximum atomic E-state index is 13.7. The number of rotatable bonds is 7. The molecule has 1 aromatic heterocycles. The molecule has 4 rings (SSSR count). The lowest BCUT2D eigenvalue weighted by molar-refractivity contribution is -0.274. The Morgan fingerprint density at radius 2 is 1.60 bits per heavy atom. The summed E-state index contributed by atoms with van der Waals surface area (Å²) in [6, 6.07) is 7.25. The van der Waals surface area contributed by atoms with E-state index >= 15 is 0 Å². The maximum Gasteiger partial charge on any atom is 0.573 e. The highest BCUT2D eigenvalue weighted by Crippen LogP contribution is 2.33. The fourth-order valence-corrected chi connectivity index (χ4v) is 3.82. The summed E-state index contributed by atoms with van der Waals surface area (Å²) in [5, 5.41) is 6.61. The Morgan fingerprint density at radius 1 is 0.950 bits per heavy atom. The van der Waals surface area contributed by atoms with E-state index in [1.165, 1.54) is 18.3 Å². The zero-order valence-corrected chi connectivity index (χ0v) is 20.9. The van der Waals surface area contributed by atoms with E-state index in [2.05, 4.69) is 35.5 Å². The Morgan fingerprint density at radius 3 is 2.23 bits per heavy atom. The van der Waals surface area contributed by atoms with Gasteiger partial charge in [0.05, 0.1) is 24.0 Å². The van der Waals surface area contributed by atoms with Crippen LogP contribution in [-0.4, -0.2) is 52.8 Å². The third kappa shape index (κ3) is 7.91. The predicted molar refractivity (Wildman–Crippen MR) is 131 cm³/mol. The minimum Gasteiger partial charge on any atom is -0.406 e. The number of ether oxygens (including phenoxy) is 2. The molecular weight excluding hydrogens is 551 g/mol. The van der Waals surface area contributed by atoms with Crippen LogP contribution in [0.1, 0.15) is 25.0 Å². The van der Waals surface area contributed by atoms with Crippen molar-refractivity contribution in [3.8, 4) is 5.75 Å². The average Bonchev–Trinajstić information content (AvgIpc) is 2.84. The molecule has 0 spiro atoms. The van der Waals surface area contributed by atoms with Crippen molar-refractivity contribution in [3.05, 3.63) is 59.4 Å². The molecule has 0 amide bonds. The number of hydrogen-bond donors (Lipinski definition) is 2. The summed E-state index contributed by atoms with van der Waals surface area (Å²) in [4.78, 5) is 14.6. The Hall–Kier alpha value is -4.21. The maximum absolute atomic E-state index is 13.7. The number of benzene rings is 2. The molecule has 0 aliphatic carbocycles. The van der Waals surface area contributed by atoms with Crippen molar-refractivity contribution in [2.45, 2.75) is 38.6 Å². The molecule has 9 nitrogen and oxygen atoms in total. The molecule has 0 bridgehead atoms. The van der Waals surface area contributed by atoms with Crippen molar-refractivity contribution < 1.29 is 40.2 Å². The highest BCUT2D eigenvalue weighted by atomic mass is 19.4. The standard InChI is InChI=1S/C24H22F7N7O2/c1-13-11-38(12-14(2)39-13)22-35-20(33-16-5-8-19(25)18(9-16)23(26,27)28)34-21(36-22)37-32-10-15-3-6-17(7-4-15)40-24(29,30)31/h3-10,13-14H,11-12H2,1-2H3,(H2,33,34,35,36,37)/b32-10+. The van der Waals surface area contributed by atoms with Crippen LogP contribution >= 0.6 is 0 Å². The molecule has 1 fully saturated rings. The summed E-state index contributed by atoms with van der Waals surface area (Å²) in [5.74, 6) is -1.91. The summed E-state index contributed by atoms with van der Waals surface area (Å²) in [7, 11) is 0. The van der Waals surface area contributed by atoms with E-state index in [0.717, 1.165) is 18.2 Å². The minimum atomic E-state index is -4.91. The van der Waals surface area contributed by atoms with Crippen LogP contribution in [-0.2, 0) is 10.9 Å². The topological polar surface area (TPSA) is 96.8 Å². The molecule has 1 saturated heterocycles. The lowest BCUT2D eigenvalue weighted by Crippen LogP contribution is -2.46. The lowest BCUT2D eigenvalue weighted by atomic mass is 10.2. The Kier molecular flexibility index (Phi) is 8.27. The number of nitrogens with zero attached hydrogens (tertiary/aromatic N) is 5. The average molecular weight is 573 g/mol. The second kappa shape index (κ2) is 11.5. The van der Waals surface area contributed by atoms with E-state index in [1.807, 2.05) is 13.8 Å². The first kappa shape index (κ1) is 28.8. The SMILES string of the molecule is CC1CN(c2nc(N/N=C/c3ccc(OC(F)(F)F)cc3)nc(Nc3ccc(F)c(C(F)(F)F)c3)n2)CC(C)O1. The van der Waals surface area contributed by atoms with Crippen LogP contribution in [0, 0.1) is 5.82 Å². The van der Waals surface area contributed by atoms with Crippen LogP contribution in [0.25, 0.3) is 0 Å². The van der Waals surface area contributed by atoms with Gasteiger partial charge in [-0.1, -0.05) is 0 Å². The summed E-state index contributed by atoms with van der Waals surface area (Å²) in [6.45, 7) is 4.54. The summed E-state index contributed by atoms with van der Waals surface area (Å²) in [6.07, 6.45) is -8.78. The van der Waals surface area contributed by atoms with E-state index in [0.29, 0.717) is 30.8 Å². The van der Waals surface area contributed by atoms with Gasteiger partial charge in [0.2, 0.25) is 17.8 Å². The van der Waals surface area contributed by atoms with E-state index in [9.17, 15) is 30.7 Å². The van der Waals surface area contributed by atoms with Crippen LogP contribution in [0.5, 0.6) is 5.75 Å². The molecule has 2 N–H and O–H groups in total. The fraction of sp³-hybridized carbons (Fsp3) is 0.333. The second-order valence-corrected chi connectivity index (χ2v) is 8.75. The van der Waals surface area contributed by atoms with E-state index in [-0.39, 0.29) is 35.7 Å². The van der Waals surface area contributed by atoms with Crippen LogP contribution in [0.3, 0.4) is 0 Å². The molecule has 3 aromatic rings. The van der Waals surface area contributed by atoms with Gasteiger partial charge in [0, 0.05) is 18.8 Å². The fourth-order valence-electron chi connectivity index (χ4n) is 3.82. The zero-order chi connectivity index (χ0) is 29.1. The van der Waals surface area contributed by atoms with Gasteiger partial charge in [-0.2, -0.15) is 33.2 Å². The van der Waals surface area contributed by atoms with Gasteiger partial charge in [-0.05, 0) is 61.9 Å². The van der Waals surface area contributed by atoms with Crippen molar-refractivity contribution in [1.82, 2.24) is 15.0 Å². The van der Waals surface area contributed by atoms with Gasteiger partial charge >= 0.3 is 12.5 Å². The number of aromatic nitrogens is 3. The molecule has 0 saturated carbocycles. The van der Waals surface area contributed by atoms with Crippen LogP contribution in [0.2, 0.25) is 0 Å². The number of alkyl halides is 6. The Balaban J connectivity index is 1.58. The molecule has 16 heteroatoms. The van der Waals surface area contributed by atoms with Crippen molar-refractivity contribution in [1.29, 1.82) is 0 Å². The third-order valence-electron chi connectivity index (χ3n) is 5.35. The summed E-state index contributed by atoms with van der Waals surface area (Å²) >= 11 is 0. The summed E-state index contributed by atoms with van der Waals surface area (Å²) < 4.78 is 99.8. The van der Waals surface area contributed by atoms with Gasteiger partial charge in [0.25, 0.3) is 0 Å². The van der Waals surface area contributed by atoms with Gasteiger partial charge < -0.3 is 19.7 Å². The Bertz CT molecular complexity index is 1340. The predicted octanol–water partition coefficient (Wildman–Crippen LogP) is 5.73. The molecule has 1 aliphatic heterocycles. The monoisotopic (exact) mass is 573 g/mol. The van der Waals surface area contributed by atoms with Gasteiger partial charge in [0.15, 0.2) is 0 Å². The van der Waals surface area contributed by atoms with E-state index in [1.54, 1.807) is 4.90 Å². The molecule has 1 aliphatic rings. The minimum absolute atomic E-state index is 0.0919. The molecule has 2 heterocycles. The number of anilines is 4. The number of hydrazone groups is 1. The molecule has 2 atom stereocenters. The second-order valence-electron chi connectivity index (χ2n) is 8.75. The number of nitrogens with one attached hydrogen (secondary N) is 2. The van der Waals surface area contributed by atoms with Gasteiger partial charge in [-0.15, -0.1) is 13.2 Å². The zero-order valence-electron chi connectivity index (χ0n) is 20.9. The number of morpholine rings is 1. The van der Waals surface area contributed by atoms with E-state index < -0.39 is 29.7 Å². The molecule has 2 aromatic carbocycles. The molecule has 0 radical (unpaired) electrons. The van der Waals surface area contributed by atoms with Crippen LogP contribution < -0.4 is 20.4 Å². The number of hydrogen-bond acceptors (Lipinski definition) is 9. The first-order valence-electron chi connectivity index (χ1n) is 11.7. The molecule has 214 valence electrons. The van der Waals surface area contributed by atoms with Gasteiger partial charge in [0.1, 0.15) is 11.6 Å². The normalized spacial score (nSPS) is 18.2. The van der Waals surface area contributed by atoms with Crippen molar-refractivity contribution in [3.63, 3.8) is 0 Å². The molecule has 2 unspecified atom stereocenters. The molecular formula is C24H22F7N7O2. The van der Waals surface area contributed by atoms with Gasteiger partial charge in [-0.25, -0.2) is 9.82 Å². The van der Waals surface area contributed by atoms with Gasteiger partial charge in [-0.3, -0.25) is 0 Å². The highest BCUT2D eigenvalue weighted by molar-refractivity contribution is 5.80. The largest absolute Gasteiger partial charge is 0.573 e. The first-order chi connectivity index (χ1) is 18.7. The molecule has 40 heavy (non-hydrogen) atoms. The highest BCUT2D eigenvalue weighted by Gasteiger charge is 2.34. The lowest BCUT2D eigenvalue weighted by Gasteiger charge is -2.35. The van der Waals surface area contributed by atoms with Crippen LogP contribution in [0.15, 0.2) is 47.6 Å².